The highest BCUT2D eigenvalue weighted by Crippen LogP contribution is 2.13. The highest BCUT2D eigenvalue weighted by atomic mass is 32.2. The van der Waals surface area contributed by atoms with Crippen molar-refractivity contribution in [3.8, 4) is 0 Å². The molecule has 1 atom stereocenters. The van der Waals surface area contributed by atoms with Crippen LogP contribution in [0.15, 0.2) is 24.3 Å². The summed E-state index contributed by atoms with van der Waals surface area (Å²) in [5.74, 6) is -0.373. The maximum Gasteiger partial charge on any atom is 0.317 e. The first-order valence-corrected chi connectivity index (χ1v) is 8.83. The van der Waals surface area contributed by atoms with Gasteiger partial charge in [0.15, 0.2) is 0 Å². The van der Waals surface area contributed by atoms with E-state index in [1.54, 1.807) is 24.0 Å². The molecule has 1 aliphatic heterocycles. The van der Waals surface area contributed by atoms with Gasteiger partial charge in [0.25, 0.3) is 0 Å². The number of carbonyl (C=O) groups excluding carboxylic acids is 1. The fraction of sp³-hybridized carbons (Fsp3) is 0.500. The van der Waals surface area contributed by atoms with Crippen molar-refractivity contribution in [1.29, 1.82) is 0 Å². The van der Waals surface area contributed by atoms with Gasteiger partial charge in [0.1, 0.15) is 5.82 Å². The van der Waals surface area contributed by atoms with E-state index in [-0.39, 0.29) is 30.2 Å². The number of benzene rings is 1. The van der Waals surface area contributed by atoms with E-state index in [1.807, 2.05) is 0 Å². The van der Waals surface area contributed by atoms with E-state index in [9.17, 15) is 17.6 Å². The van der Waals surface area contributed by atoms with Gasteiger partial charge in [-0.25, -0.2) is 22.3 Å². The van der Waals surface area contributed by atoms with Crippen LogP contribution in [-0.2, 0) is 16.4 Å². The molecular weight excluding hydrogens is 309 g/mol. The number of carbonyl (C=O) groups is 1. The van der Waals surface area contributed by atoms with Crippen LogP contribution in [-0.4, -0.2) is 50.8 Å². The lowest BCUT2D eigenvalue weighted by Crippen LogP contribution is -2.46. The van der Waals surface area contributed by atoms with Gasteiger partial charge in [0.2, 0.25) is 10.0 Å². The first-order valence-electron chi connectivity index (χ1n) is 7.17. The molecule has 0 aromatic heterocycles. The summed E-state index contributed by atoms with van der Waals surface area (Å²) in [7, 11) is -3.34. The minimum atomic E-state index is -3.34. The monoisotopic (exact) mass is 329 g/mol. The second kappa shape index (κ2) is 7.06. The number of nitrogens with zero attached hydrogens (tertiary/aromatic N) is 1. The molecule has 2 amide bonds. The lowest BCUT2D eigenvalue weighted by atomic mass is 10.0. The van der Waals surface area contributed by atoms with Crippen LogP contribution in [0.2, 0.25) is 0 Å². The topological polar surface area (TPSA) is 78.5 Å². The molecule has 1 aromatic carbocycles. The van der Waals surface area contributed by atoms with Gasteiger partial charge in [-0.2, -0.15) is 0 Å². The SMILES string of the molecule is CCS(=O)(=O)NC[C@H](Cc1cccc(F)c1)N1CCNC1=O. The first kappa shape index (κ1) is 16.7. The molecule has 22 heavy (non-hydrogen) atoms. The van der Waals surface area contributed by atoms with Crippen LogP contribution in [0.4, 0.5) is 9.18 Å². The molecule has 2 N–H and O–H groups in total. The fourth-order valence-corrected chi connectivity index (χ4v) is 3.04. The number of hydrogen-bond acceptors (Lipinski definition) is 3. The predicted molar refractivity (Wildman–Crippen MR) is 81.5 cm³/mol. The third-order valence-electron chi connectivity index (χ3n) is 3.61. The van der Waals surface area contributed by atoms with E-state index in [2.05, 4.69) is 10.0 Å². The Balaban J connectivity index is 2.12. The van der Waals surface area contributed by atoms with Gasteiger partial charge in [0.05, 0.1) is 11.8 Å². The van der Waals surface area contributed by atoms with Crippen LogP contribution >= 0.6 is 0 Å². The molecule has 1 aliphatic rings. The van der Waals surface area contributed by atoms with E-state index in [0.29, 0.717) is 19.5 Å². The predicted octanol–water partition coefficient (Wildman–Crippen LogP) is 0.701. The summed E-state index contributed by atoms with van der Waals surface area (Å²) < 4.78 is 39.0. The summed E-state index contributed by atoms with van der Waals surface area (Å²) in [5, 5.41) is 2.69. The van der Waals surface area contributed by atoms with Crippen molar-refractivity contribution in [2.24, 2.45) is 0 Å². The Morgan fingerprint density at radius 3 is 2.82 bits per heavy atom. The molecular formula is C14H20FN3O3S. The van der Waals surface area contributed by atoms with Crippen molar-refractivity contribution >= 4 is 16.1 Å². The van der Waals surface area contributed by atoms with Crippen LogP contribution in [0.1, 0.15) is 12.5 Å². The second-order valence-corrected chi connectivity index (χ2v) is 7.26. The number of amides is 2. The molecule has 1 aromatic rings. The number of urea groups is 1. The zero-order valence-electron chi connectivity index (χ0n) is 12.4. The number of halogens is 1. The standard InChI is InChI=1S/C14H20FN3O3S/c1-2-22(20,21)17-10-13(18-7-6-16-14(18)19)9-11-4-3-5-12(15)8-11/h3-5,8,13,17H,2,6-7,9-10H2,1H3,(H,16,19)/t13-/m0/s1. The Morgan fingerprint density at radius 1 is 1.45 bits per heavy atom. The number of rotatable bonds is 7. The Labute approximate surface area is 129 Å². The summed E-state index contributed by atoms with van der Waals surface area (Å²) in [6.45, 7) is 2.69. The summed E-state index contributed by atoms with van der Waals surface area (Å²) in [5.41, 5.74) is 0.723. The smallest absolute Gasteiger partial charge is 0.317 e. The van der Waals surface area contributed by atoms with E-state index in [4.69, 9.17) is 0 Å². The number of hydrogen-bond donors (Lipinski definition) is 2. The van der Waals surface area contributed by atoms with Crippen LogP contribution in [0.3, 0.4) is 0 Å². The average Bonchev–Trinajstić information content (AvgIpc) is 2.90. The zero-order valence-corrected chi connectivity index (χ0v) is 13.2. The minimum absolute atomic E-state index is 0.0219. The Bertz CT molecular complexity index is 636. The fourth-order valence-electron chi connectivity index (χ4n) is 2.39. The van der Waals surface area contributed by atoms with Gasteiger partial charge in [-0.1, -0.05) is 12.1 Å². The molecule has 1 fully saturated rings. The molecule has 2 rings (SSSR count). The third kappa shape index (κ3) is 4.41. The number of nitrogens with one attached hydrogen (secondary N) is 2. The average molecular weight is 329 g/mol. The summed E-state index contributed by atoms with van der Waals surface area (Å²) >= 11 is 0. The largest absolute Gasteiger partial charge is 0.336 e. The normalized spacial score (nSPS) is 16.6. The van der Waals surface area contributed by atoms with Crippen molar-refractivity contribution in [2.75, 3.05) is 25.4 Å². The molecule has 1 heterocycles. The van der Waals surface area contributed by atoms with Crippen LogP contribution in [0.25, 0.3) is 0 Å². The van der Waals surface area contributed by atoms with Crippen LogP contribution in [0.5, 0.6) is 0 Å². The Morgan fingerprint density at radius 2 is 2.23 bits per heavy atom. The molecule has 8 heteroatoms. The van der Waals surface area contributed by atoms with Crippen LogP contribution in [0, 0.1) is 5.82 Å². The van der Waals surface area contributed by atoms with Crippen molar-refractivity contribution in [2.45, 2.75) is 19.4 Å². The number of sulfonamides is 1. The molecule has 122 valence electrons. The lowest BCUT2D eigenvalue weighted by Gasteiger charge is -2.27. The molecule has 0 spiro atoms. The first-order chi connectivity index (χ1) is 10.4. The van der Waals surface area contributed by atoms with E-state index in [1.165, 1.54) is 12.1 Å². The Kier molecular flexibility index (Phi) is 5.36. The van der Waals surface area contributed by atoms with Gasteiger partial charge in [-0.05, 0) is 31.0 Å². The van der Waals surface area contributed by atoms with Gasteiger partial charge in [-0.15, -0.1) is 0 Å². The van der Waals surface area contributed by atoms with Gasteiger partial charge < -0.3 is 10.2 Å². The minimum Gasteiger partial charge on any atom is -0.336 e. The van der Waals surface area contributed by atoms with E-state index >= 15 is 0 Å². The molecule has 0 radical (unpaired) electrons. The Hall–Kier alpha value is -1.67. The van der Waals surface area contributed by atoms with Crippen molar-refractivity contribution in [1.82, 2.24) is 14.9 Å². The van der Waals surface area contributed by atoms with Crippen molar-refractivity contribution < 1.29 is 17.6 Å². The van der Waals surface area contributed by atoms with Crippen molar-refractivity contribution in [3.63, 3.8) is 0 Å². The molecule has 6 nitrogen and oxygen atoms in total. The van der Waals surface area contributed by atoms with Crippen LogP contribution < -0.4 is 10.0 Å². The second-order valence-electron chi connectivity index (χ2n) is 5.17. The summed E-state index contributed by atoms with van der Waals surface area (Å²) in [6.07, 6.45) is 0.386. The molecule has 1 saturated heterocycles. The lowest BCUT2D eigenvalue weighted by molar-refractivity contribution is 0.197. The third-order valence-corrected chi connectivity index (χ3v) is 4.98. The van der Waals surface area contributed by atoms with E-state index < -0.39 is 10.0 Å². The molecule has 0 saturated carbocycles. The van der Waals surface area contributed by atoms with Gasteiger partial charge >= 0.3 is 6.03 Å². The quantitative estimate of drug-likeness (QED) is 0.773. The summed E-state index contributed by atoms with van der Waals surface area (Å²) in [4.78, 5) is 13.4. The van der Waals surface area contributed by atoms with Crippen molar-refractivity contribution in [3.05, 3.63) is 35.6 Å². The molecule has 0 aliphatic carbocycles. The molecule has 0 unspecified atom stereocenters. The van der Waals surface area contributed by atoms with E-state index in [0.717, 1.165) is 5.56 Å². The maximum atomic E-state index is 13.3. The molecule has 0 bridgehead atoms. The summed E-state index contributed by atoms with van der Waals surface area (Å²) in [6, 6.07) is 5.53. The highest BCUT2D eigenvalue weighted by Gasteiger charge is 2.28. The van der Waals surface area contributed by atoms with Gasteiger partial charge in [0, 0.05) is 19.6 Å². The zero-order chi connectivity index (χ0) is 16.2. The highest BCUT2D eigenvalue weighted by molar-refractivity contribution is 7.89. The van der Waals surface area contributed by atoms with Gasteiger partial charge in [-0.3, -0.25) is 0 Å². The maximum absolute atomic E-state index is 13.3.